The number of unbranched alkanes of at least 4 members (excludes halogenated alkanes) is 1. The molecule has 0 amide bonds. The van der Waals surface area contributed by atoms with Crippen LogP contribution in [-0.2, 0) is 0 Å². The highest BCUT2D eigenvalue weighted by Gasteiger charge is 2.16. The fourth-order valence-corrected chi connectivity index (χ4v) is 1.86. The van der Waals surface area contributed by atoms with E-state index in [-0.39, 0.29) is 17.5 Å². The van der Waals surface area contributed by atoms with Crippen molar-refractivity contribution in [2.24, 2.45) is 0 Å². The first kappa shape index (κ1) is 14.3. The van der Waals surface area contributed by atoms with E-state index < -0.39 is 11.4 Å². The largest absolute Gasteiger partial charge is 0.491 e. The smallest absolute Gasteiger partial charge is 0.352 e. The lowest BCUT2D eigenvalue weighted by molar-refractivity contribution is 0.0681. The molecule has 0 bridgehead atoms. The van der Waals surface area contributed by atoms with Gasteiger partial charge >= 0.3 is 5.97 Å². The predicted octanol–water partition coefficient (Wildman–Crippen LogP) is 2.31. The van der Waals surface area contributed by atoms with Crippen molar-refractivity contribution in [1.82, 2.24) is 4.57 Å². The monoisotopic (exact) mass is 253 g/mol. The quantitative estimate of drug-likeness (QED) is 0.844. The van der Waals surface area contributed by atoms with E-state index in [4.69, 9.17) is 9.84 Å². The van der Waals surface area contributed by atoms with Crippen LogP contribution in [-0.4, -0.2) is 22.8 Å². The zero-order valence-electron chi connectivity index (χ0n) is 11.0. The van der Waals surface area contributed by atoms with E-state index in [9.17, 15) is 9.59 Å². The standard InChI is InChI=1S/C13H19NO4/c1-4-5-6-9(2)14-8-12(18-3)11(15)7-10(14)13(16)17/h7-9H,4-6H2,1-3H3,(H,16,17). The third-order valence-electron chi connectivity index (χ3n) is 2.93. The van der Waals surface area contributed by atoms with Crippen molar-refractivity contribution in [3.63, 3.8) is 0 Å². The molecule has 5 nitrogen and oxygen atoms in total. The molecule has 0 spiro atoms. The minimum Gasteiger partial charge on any atom is -0.491 e. The van der Waals surface area contributed by atoms with Crippen LogP contribution in [0.4, 0.5) is 0 Å². The summed E-state index contributed by atoms with van der Waals surface area (Å²) in [7, 11) is 1.40. The Morgan fingerprint density at radius 2 is 2.22 bits per heavy atom. The zero-order chi connectivity index (χ0) is 13.7. The number of nitrogens with zero attached hydrogens (tertiary/aromatic N) is 1. The van der Waals surface area contributed by atoms with Crippen molar-refractivity contribution in [1.29, 1.82) is 0 Å². The molecule has 0 aliphatic heterocycles. The number of methoxy groups -OCH3 is 1. The van der Waals surface area contributed by atoms with Gasteiger partial charge in [-0.2, -0.15) is 0 Å². The van der Waals surface area contributed by atoms with Crippen LogP contribution in [0, 0.1) is 0 Å². The number of rotatable bonds is 6. The van der Waals surface area contributed by atoms with Gasteiger partial charge in [-0.15, -0.1) is 0 Å². The Hall–Kier alpha value is -1.78. The molecule has 0 fully saturated rings. The van der Waals surface area contributed by atoms with Crippen molar-refractivity contribution in [3.8, 4) is 5.75 Å². The number of ether oxygens (including phenoxy) is 1. The van der Waals surface area contributed by atoms with E-state index in [1.54, 1.807) is 4.57 Å². The van der Waals surface area contributed by atoms with Gasteiger partial charge in [0.25, 0.3) is 0 Å². The second kappa shape index (κ2) is 6.23. The molecule has 18 heavy (non-hydrogen) atoms. The van der Waals surface area contributed by atoms with Crippen molar-refractivity contribution >= 4 is 5.97 Å². The average Bonchev–Trinajstić information content (AvgIpc) is 2.35. The van der Waals surface area contributed by atoms with Gasteiger partial charge in [0.1, 0.15) is 5.69 Å². The number of carbonyl (C=O) groups is 1. The Labute approximate surface area is 106 Å². The van der Waals surface area contributed by atoms with Crippen LogP contribution in [0.1, 0.15) is 49.6 Å². The van der Waals surface area contributed by atoms with Crippen molar-refractivity contribution < 1.29 is 14.6 Å². The summed E-state index contributed by atoms with van der Waals surface area (Å²) in [4.78, 5) is 22.7. The average molecular weight is 253 g/mol. The lowest BCUT2D eigenvalue weighted by atomic mass is 10.1. The summed E-state index contributed by atoms with van der Waals surface area (Å²) in [6, 6.07) is 1.13. The number of aromatic nitrogens is 1. The maximum absolute atomic E-state index is 11.6. The van der Waals surface area contributed by atoms with Crippen molar-refractivity contribution in [2.75, 3.05) is 7.11 Å². The molecule has 0 saturated carbocycles. The van der Waals surface area contributed by atoms with Crippen molar-refractivity contribution in [2.45, 2.75) is 39.2 Å². The number of pyridine rings is 1. The minimum atomic E-state index is -1.10. The molecule has 1 aromatic heterocycles. The van der Waals surface area contributed by atoms with E-state index in [1.165, 1.54) is 13.3 Å². The van der Waals surface area contributed by atoms with Crippen molar-refractivity contribution in [3.05, 3.63) is 28.2 Å². The van der Waals surface area contributed by atoms with Gasteiger partial charge in [-0.1, -0.05) is 19.8 Å². The first-order chi connectivity index (χ1) is 8.51. The van der Waals surface area contributed by atoms with Crippen LogP contribution < -0.4 is 10.2 Å². The summed E-state index contributed by atoms with van der Waals surface area (Å²) in [6.07, 6.45) is 4.40. The maximum atomic E-state index is 11.6. The highest BCUT2D eigenvalue weighted by Crippen LogP contribution is 2.18. The fraction of sp³-hybridized carbons (Fsp3) is 0.538. The van der Waals surface area contributed by atoms with Gasteiger partial charge in [0, 0.05) is 12.1 Å². The third kappa shape index (κ3) is 3.12. The second-order valence-corrected chi connectivity index (χ2v) is 4.29. The molecular formula is C13H19NO4. The van der Waals surface area contributed by atoms with E-state index >= 15 is 0 Å². The van der Waals surface area contributed by atoms with E-state index in [2.05, 4.69) is 6.92 Å². The van der Waals surface area contributed by atoms with Gasteiger partial charge in [0.05, 0.1) is 13.3 Å². The first-order valence-electron chi connectivity index (χ1n) is 6.04. The summed E-state index contributed by atoms with van der Waals surface area (Å²) in [5.41, 5.74) is -0.404. The SMILES string of the molecule is CCCCC(C)n1cc(OC)c(=O)cc1C(=O)O. The summed E-state index contributed by atoms with van der Waals surface area (Å²) in [6.45, 7) is 4.02. The molecular weight excluding hydrogens is 234 g/mol. The Bertz CT molecular complexity index is 478. The number of carboxylic acids is 1. The molecule has 1 aromatic rings. The predicted molar refractivity (Wildman–Crippen MR) is 68.4 cm³/mol. The third-order valence-corrected chi connectivity index (χ3v) is 2.93. The molecule has 0 aromatic carbocycles. The molecule has 1 unspecified atom stereocenters. The lowest BCUT2D eigenvalue weighted by Crippen LogP contribution is -2.20. The number of carboxylic acid groups (broad SMARTS) is 1. The summed E-state index contributed by atoms with van der Waals surface area (Å²) in [5, 5.41) is 9.13. The molecule has 100 valence electrons. The zero-order valence-corrected chi connectivity index (χ0v) is 11.0. The minimum absolute atomic E-state index is 0.00408. The topological polar surface area (TPSA) is 68.5 Å². The van der Waals surface area contributed by atoms with Crippen LogP contribution >= 0.6 is 0 Å². The molecule has 1 heterocycles. The summed E-state index contributed by atoms with van der Waals surface area (Å²) >= 11 is 0. The normalized spacial score (nSPS) is 12.2. The molecule has 1 rings (SSSR count). The van der Waals surface area contributed by atoms with Gasteiger partial charge in [0.2, 0.25) is 5.43 Å². The van der Waals surface area contributed by atoms with E-state index in [1.807, 2.05) is 6.92 Å². The Kier molecular flexibility index (Phi) is 4.95. The molecule has 0 aliphatic carbocycles. The molecule has 1 N–H and O–H groups in total. The van der Waals surface area contributed by atoms with Crippen LogP contribution in [0.25, 0.3) is 0 Å². The number of aromatic carboxylic acids is 1. The molecule has 1 atom stereocenters. The highest BCUT2D eigenvalue weighted by molar-refractivity contribution is 5.85. The van der Waals surface area contributed by atoms with E-state index in [0.29, 0.717) is 0 Å². The number of hydrogen-bond acceptors (Lipinski definition) is 3. The summed E-state index contributed by atoms with van der Waals surface area (Å²) in [5.74, 6) is -0.929. The summed E-state index contributed by atoms with van der Waals surface area (Å²) < 4.78 is 6.54. The van der Waals surface area contributed by atoms with Crippen LogP contribution in [0.3, 0.4) is 0 Å². The maximum Gasteiger partial charge on any atom is 0.352 e. The molecule has 0 saturated heterocycles. The van der Waals surface area contributed by atoms with Gasteiger partial charge in [-0.3, -0.25) is 4.79 Å². The van der Waals surface area contributed by atoms with Crippen LogP contribution in [0.15, 0.2) is 17.1 Å². The molecule has 5 heteroatoms. The highest BCUT2D eigenvalue weighted by atomic mass is 16.5. The Morgan fingerprint density at radius 1 is 1.56 bits per heavy atom. The van der Waals surface area contributed by atoms with Gasteiger partial charge in [0.15, 0.2) is 5.75 Å². The molecule has 0 aliphatic rings. The Morgan fingerprint density at radius 3 is 2.72 bits per heavy atom. The van der Waals surface area contributed by atoms with E-state index in [0.717, 1.165) is 25.3 Å². The number of hydrogen-bond donors (Lipinski definition) is 1. The first-order valence-corrected chi connectivity index (χ1v) is 6.04. The lowest BCUT2D eigenvalue weighted by Gasteiger charge is -2.19. The molecule has 0 radical (unpaired) electrons. The van der Waals surface area contributed by atoms with Crippen LogP contribution in [0.2, 0.25) is 0 Å². The fourth-order valence-electron chi connectivity index (χ4n) is 1.86. The van der Waals surface area contributed by atoms with Gasteiger partial charge in [-0.05, 0) is 13.3 Å². The van der Waals surface area contributed by atoms with Crippen LogP contribution in [0.5, 0.6) is 5.75 Å². The van der Waals surface area contributed by atoms with Gasteiger partial charge in [-0.25, -0.2) is 4.79 Å². The second-order valence-electron chi connectivity index (χ2n) is 4.29. The van der Waals surface area contributed by atoms with Gasteiger partial charge < -0.3 is 14.4 Å². The Balaban J connectivity index is 3.21.